The molecule has 0 aliphatic carbocycles. The van der Waals surface area contributed by atoms with E-state index in [0.29, 0.717) is 5.82 Å². The number of aromatic nitrogens is 4. The van der Waals surface area contributed by atoms with E-state index in [1.165, 1.54) is 5.56 Å². The topological polar surface area (TPSA) is 64.9 Å². The van der Waals surface area contributed by atoms with E-state index in [1.54, 1.807) is 11.8 Å². The molecule has 0 spiro atoms. The fourth-order valence-electron chi connectivity index (χ4n) is 2.26. The normalized spacial score (nSPS) is 11.0. The Morgan fingerprint density at radius 2 is 1.90 bits per heavy atom. The Hall–Kier alpha value is -1.79. The number of nitrogens with zero attached hydrogens (tertiary/aromatic N) is 4. The van der Waals surface area contributed by atoms with Crippen molar-refractivity contribution in [2.45, 2.75) is 20.3 Å². The van der Waals surface area contributed by atoms with Crippen LogP contribution in [0.3, 0.4) is 0 Å². The lowest BCUT2D eigenvalue weighted by Gasteiger charge is -2.10. The summed E-state index contributed by atoms with van der Waals surface area (Å²) < 4.78 is 6.77. The Labute approximate surface area is 125 Å². The number of ether oxygens (including phenoxy) is 1. The summed E-state index contributed by atoms with van der Waals surface area (Å²) >= 11 is 0. The van der Waals surface area contributed by atoms with Crippen LogP contribution < -0.4 is 5.32 Å². The largest absolute Gasteiger partial charge is 0.383 e. The first-order chi connectivity index (χ1) is 10.1. The maximum absolute atomic E-state index is 5.01. The second kappa shape index (κ2) is 7.28. The third kappa shape index (κ3) is 4.09. The van der Waals surface area contributed by atoms with E-state index in [-0.39, 0.29) is 0 Å². The zero-order valence-corrected chi connectivity index (χ0v) is 13.2. The summed E-state index contributed by atoms with van der Waals surface area (Å²) in [6.07, 6.45) is 2.82. The van der Waals surface area contributed by atoms with E-state index in [4.69, 9.17) is 4.74 Å². The molecule has 2 rings (SSSR count). The molecule has 6 nitrogen and oxygen atoms in total. The summed E-state index contributed by atoms with van der Waals surface area (Å²) in [4.78, 5) is 9.19. The van der Waals surface area contributed by atoms with Gasteiger partial charge >= 0.3 is 0 Å². The third-order valence-corrected chi connectivity index (χ3v) is 3.40. The number of hydrogen-bond acceptors (Lipinski definition) is 5. The van der Waals surface area contributed by atoms with Crippen LogP contribution in [0.25, 0.3) is 11.5 Å². The maximum Gasteiger partial charge on any atom is 0.180 e. The molecular weight excluding hydrogens is 266 g/mol. The van der Waals surface area contributed by atoms with Gasteiger partial charge < -0.3 is 10.1 Å². The first-order valence-corrected chi connectivity index (χ1v) is 7.15. The maximum atomic E-state index is 5.01. The minimum atomic E-state index is 0.696. The highest BCUT2D eigenvalue weighted by atomic mass is 16.5. The standard InChI is InChI=1S/C15H23N5O/c1-11-13(5-7-16-8-10-21-4)12(2)18-15(17-11)14-6-9-20(3)19-14/h6,9,16H,5,7-8,10H2,1-4H3. The van der Waals surface area contributed by atoms with Crippen molar-refractivity contribution in [2.75, 3.05) is 26.8 Å². The minimum Gasteiger partial charge on any atom is -0.383 e. The van der Waals surface area contributed by atoms with Gasteiger partial charge in [0.15, 0.2) is 5.82 Å². The van der Waals surface area contributed by atoms with E-state index >= 15 is 0 Å². The average molecular weight is 289 g/mol. The van der Waals surface area contributed by atoms with E-state index in [9.17, 15) is 0 Å². The molecule has 0 fully saturated rings. The molecule has 2 aromatic heterocycles. The predicted molar refractivity (Wildman–Crippen MR) is 82.2 cm³/mol. The van der Waals surface area contributed by atoms with Crippen LogP contribution in [0, 0.1) is 13.8 Å². The molecule has 0 atom stereocenters. The summed E-state index contributed by atoms with van der Waals surface area (Å²) in [5.74, 6) is 0.696. The minimum absolute atomic E-state index is 0.696. The first-order valence-electron chi connectivity index (χ1n) is 7.15. The van der Waals surface area contributed by atoms with Crippen LogP contribution in [0.1, 0.15) is 17.0 Å². The van der Waals surface area contributed by atoms with Crippen molar-refractivity contribution < 1.29 is 4.74 Å². The zero-order chi connectivity index (χ0) is 15.2. The van der Waals surface area contributed by atoms with Gasteiger partial charge in [-0.25, -0.2) is 9.97 Å². The van der Waals surface area contributed by atoms with Crippen LogP contribution in [-0.4, -0.2) is 46.6 Å². The van der Waals surface area contributed by atoms with Crippen molar-refractivity contribution in [3.63, 3.8) is 0 Å². The Kier molecular flexibility index (Phi) is 5.41. The molecular formula is C15H23N5O. The number of nitrogens with one attached hydrogen (secondary N) is 1. The number of rotatable bonds is 7. The fraction of sp³-hybridized carbons (Fsp3) is 0.533. The van der Waals surface area contributed by atoms with Crippen LogP contribution in [0.5, 0.6) is 0 Å². The second-order valence-corrected chi connectivity index (χ2v) is 5.06. The molecule has 21 heavy (non-hydrogen) atoms. The van der Waals surface area contributed by atoms with Crippen molar-refractivity contribution in [1.29, 1.82) is 0 Å². The van der Waals surface area contributed by atoms with Crippen molar-refractivity contribution >= 4 is 0 Å². The van der Waals surface area contributed by atoms with Crippen LogP contribution in [0.2, 0.25) is 0 Å². The fourth-order valence-corrected chi connectivity index (χ4v) is 2.26. The van der Waals surface area contributed by atoms with E-state index in [0.717, 1.165) is 43.2 Å². The lowest BCUT2D eigenvalue weighted by Crippen LogP contribution is -2.22. The van der Waals surface area contributed by atoms with E-state index < -0.39 is 0 Å². The SMILES string of the molecule is COCCNCCc1c(C)nc(-c2ccn(C)n2)nc1C. The highest BCUT2D eigenvalue weighted by molar-refractivity contribution is 5.49. The van der Waals surface area contributed by atoms with E-state index in [2.05, 4.69) is 20.4 Å². The Morgan fingerprint density at radius 3 is 2.48 bits per heavy atom. The number of aryl methyl sites for hydroxylation is 3. The molecule has 2 aromatic rings. The van der Waals surface area contributed by atoms with Crippen molar-refractivity contribution in [3.05, 3.63) is 29.2 Å². The molecule has 0 aliphatic heterocycles. The third-order valence-electron chi connectivity index (χ3n) is 3.40. The highest BCUT2D eigenvalue weighted by Gasteiger charge is 2.11. The molecule has 0 saturated heterocycles. The van der Waals surface area contributed by atoms with Crippen molar-refractivity contribution in [1.82, 2.24) is 25.1 Å². The lowest BCUT2D eigenvalue weighted by atomic mass is 10.1. The van der Waals surface area contributed by atoms with Crippen molar-refractivity contribution in [3.8, 4) is 11.5 Å². The molecule has 0 aromatic carbocycles. The Bertz CT molecular complexity index is 570. The molecule has 0 aliphatic rings. The van der Waals surface area contributed by atoms with Gasteiger partial charge in [0.05, 0.1) is 6.61 Å². The van der Waals surface area contributed by atoms with Crippen LogP contribution >= 0.6 is 0 Å². The highest BCUT2D eigenvalue weighted by Crippen LogP contribution is 2.17. The van der Waals surface area contributed by atoms with Gasteiger partial charge in [-0.05, 0) is 38.4 Å². The van der Waals surface area contributed by atoms with Gasteiger partial charge in [0.25, 0.3) is 0 Å². The summed E-state index contributed by atoms with van der Waals surface area (Å²) in [5.41, 5.74) is 4.07. The zero-order valence-electron chi connectivity index (χ0n) is 13.2. The summed E-state index contributed by atoms with van der Waals surface area (Å²) in [6.45, 7) is 6.56. The summed E-state index contributed by atoms with van der Waals surface area (Å²) in [5, 5.41) is 7.70. The number of hydrogen-bond donors (Lipinski definition) is 1. The Morgan fingerprint density at radius 1 is 1.19 bits per heavy atom. The average Bonchev–Trinajstić information content (AvgIpc) is 2.87. The van der Waals surface area contributed by atoms with Gasteiger partial charge in [0, 0.05) is 38.3 Å². The first kappa shape index (κ1) is 15.6. The smallest absolute Gasteiger partial charge is 0.180 e. The predicted octanol–water partition coefficient (Wildman–Crippen LogP) is 1.27. The van der Waals surface area contributed by atoms with Gasteiger partial charge in [-0.1, -0.05) is 0 Å². The van der Waals surface area contributed by atoms with Gasteiger partial charge in [0.2, 0.25) is 0 Å². The molecule has 6 heteroatoms. The van der Waals surface area contributed by atoms with Crippen LogP contribution in [0.15, 0.2) is 12.3 Å². The van der Waals surface area contributed by atoms with Gasteiger partial charge in [-0.2, -0.15) is 5.10 Å². The summed E-state index contributed by atoms with van der Waals surface area (Å²) in [7, 11) is 3.60. The molecule has 2 heterocycles. The molecule has 0 saturated carbocycles. The van der Waals surface area contributed by atoms with Gasteiger partial charge in [-0.3, -0.25) is 4.68 Å². The second-order valence-electron chi connectivity index (χ2n) is 5.06. The molecule has 0 amide bonds. The molecule has 114 valence electrons. The van der Waals surface area contributed by atoms with E-state index in [1.807, 2.05) is 33.2 Å². The molecule has 0 radical (unpaired) electrons. The Balaban J connectivity index is 2.07. The van der Waals surface area contributed by atoms with Crippen LogP contribution in [-0.2, 0) is 18.2 Å². The van der Waals surface area contributed by atoms with Gasteiger partial charge in [0.1, 0.15) is 5.69 Å². The molecule has 0 unspecified atom stereocenters. The monoisotopic (exact) mass is 289 g/mol. The molecule has 0 bridgehead atoms. The molecule has 1 N–H and O–H groups in total. The summed E-state index contributed by atoms with van der Waals surface area (Å²) in [6, 6.07) is 1.93. The van der Waals surface area contributed by atoms with Crippen molar-refractivity contribution in [2.24, 2.45) is 7.05 Å². The van der Waals surface area contributed by atoms with Gasteiger partial charge in [-0.15, -0.1) is 0 Å². The van der Waals surface area contributed by atoms with Crippen LogP contribution in [0.4, 0.5) is 0 Å². The quantitative estimate of drug-likeness (QED) is 0.778. The number of methoxy groups -OCH3 is 1. The lowest BCUT2D eigenvalue weighted by molar-refractivity contribution is 0.199.